The molecule has 2 rings (SSSR count). The predicted molar refractivity (Wildman–Crippen MR) is 77.7 cm³/mol. The van der Waals surface area contributed by atoms with Gasteiger partial charge in [0.05, 0.1) is 6.20 Å². The fourth-order valence-electron chi connectivity index (χ4n) is 1.75. The third-order valence-electron chi connectivity index (χ3n) is 2.91. The van der Waals surface area contributed by atoms with Crippen molar-refractivity contribution in [1.29, 1.82) is 0 Å². The van der Waals surface area contributed by atoms with E-state index >= 15 is 0 Å². The SMILES string of the molecule is N[C@](O)(CCCc1ccccc1)c1ncco1.O=C(O)C(F)(F)F. The Labute approximate surface area is 135 Å². The number of carboxylic acids is 1. The van der Waals surface area contributed by atoms with Crippen LogP contribution >= 0.6 is 0 Å². The molecular formula is C15H17F3N2O4. The molecule has 4 N–H and O–H groups in total. The molecule has 132 valence electrons. The molecule has 9 heteroatoms. The number of aromatic nitrogens is 1. The summed E-state index contributed by atoms with van der Waals surface area (Å²) in [5.41, 5.74) is 5.50. The molecular weight excluding hydrogens is 329 g/mol. The summed E-state index contributed by atoms with van der Waals surface area (Å²) in [6.45, 7) is 0. The van der Waals surface area contributed by atoms with E-state index in [2.05, 4.69) is 17.1 Å². The van der Waals surface area contributed by atoms with E-state index < -0.39 is 17.9 Å². The van der Waals surface area contributed by atoms with Gasteiger partial charge in [-0.2, -0.15) is 13.2 Å². The van der Waals surface area contributed by atoms with Crippen LogP contribution in [0.25, 0.3) is 0 Å². The second-order valence-corrected chi connectivity index (χ2v) is 4.90. The second-order valence-electron chi connectivity index (χ2n) is 4.90. The minimum Gasteiger partial charge on any atom is -0.475 e. The number of hydrogen-bond acceptors (Lipinski definition) is 5. The molecule has 0 saturated heterocycles. The molecule has 0 aliphatic heterocycles. The van der Waals surface area contributed by atoms with Crippen molar-refractivity contribution in [2.75, 3.05) is 0 Å². The molecule has 1 atom stereocenters. The van der Waals surface area contributed by atoms with E-state index in [9.17, 15) is 18.3 Å². The monoisotopic (exact) mass is 346 g/mol. The Morgan fingerprint density at radius 2 is 1.83 bits per heavy atom. The number of benzene rings is 1. The van der Waals surface area contributed by atoms with Crippen LogP contribution in [0.3, 0.4) is 0 Å². The Hall–Kier alpha value is -2.39. The summed E-state index contributed by atoms with van der Waals surface area (Å²) in [5.74, 6) is -2.59. The number of nitrogens with zero attached hydrogens (tertiary/aromatic N) is 1. The molecule has 0 unspecified atom stereocenters. The highest BCUT2D eigenvalue weighted by molar-refractivity contribution is 5.73. The molecule has 1 aromatic carbocycles. The third-order valence-corrected chi connectivity index (χ3v) is 2.91. The Kier molecular flexibility index (Phi) is 6.93. The lowest BCUT2D eigenvalue weighted by atomic mass is 10.0. The van der Waals surface area contributed by atoms with Crippen LogP contribution in [0.2, 0.25) is 0 Å². The van der Waals surface area contributed by atoms with Gasteiger partial charge in [0.25, 0.3) is 0 Å². The average Bonchev–Trinajstić information content (AvgIpc) is 3.03. The van der Waals surface area contributed by atoms with Crippen LogP contribution in [-0.2, 0) is 16.9 Å². The highest BCUT2D eigenvalue weighted by Crippen LogP contribution is 2.20. The lowest BCUT2D eigenvalue weighted by molar-refractivity contribution is -0.192. The van der Waals surface area contributed by atoms with Crippen molar-refractivity contribution < 1.29 is 32.6 Å². The van der Waals surface area contributed by atoms with Crippen LogP contribution < -0.4 is 5.73 Å². The topological polar surface area (TPSA) is 110 Å². The number of carbonyl (C=O) groups is 1. The molecule has 0 aliphatic carbocycles. The van der Waals surface area contributed by atoms with Crippen molar-refractivity contribution in [3.05, 3.63) is 54.2 Å². The number of aryl methyl sites for hydroxylation is 1. The summed E-state index contributed by atoms with van der Waals surface area (Å²) in [6.07, 6.45) is -0.127. The molecule has 1 aromatic heterocycles. The van der Waals surface area contributed by atoms with E-state index in [-0.39, 0.29) is 5.89 Å². The zero-order valence-corrected chi connectivity index (χ0v) is 12.5. The maximum atomic E-state index is 10.6. The Balaban J connectivity index is 0.000000351. The van der Waals surface area contributed by atoms with E-state index in [1.165, 1.54) is 18.0 Å². The summed E-state index contributed by atoms with van der Waals surface area (Å²) in [7, 11) is 0. The first-order valence-electron chi connectivity index (χ1n) is 6.88. The molecule has 2 aromatic rings. The number of halogens is 3. The first-order chi connectivity index (χ1) is 11.1. The van der Waals surface area contributed by atoms with E-state index in [1.54, 1.807) is 0 Å². The van der Waals surface area contributed by atoms with E-state index in [4.69, 9.17) is 20.1 Å². The Morgan fingerprint density at radius 1 is 1.25 bits per heavy atom. The highest BCUT2D eigenvalue weighted by atomic mass is 19.4. The summed E-state index contributed by atoms with van der Waals surface area (Å²) >= 11 is 0. The van der Waals surface area contributed by atoms with Crippen LogP contribution in [0.1, 0.15) is 24.3 Å². The number of aliphatic carboxylic acids is 1. The van der Waals surface area contributed by atoms with Gasteiger partial charge in [0.15, 0.2) is 5.72 Å². The maximum Gasteiger partial charge on any atom is 0.490 e. The van der Waals surface area contributed by atoms with Crippen molar-refractivity contribution in [3.63, 3.8) is 0 Å². The van der Waals surface area contributed by atoms with Crippen molar-refractivity contribution in [3.8, 4) is 0 Å². The van der Waals surface area contributed by atoms with E-state index in [1.807, 2.05) is 18.2 Å². The Morgan fingerprint density at radius 3 is 2.29 bits per heavy atom. The maximum absolute atomic E-state index is 10.6. The van der Waals surface area contributed by atoms with Gasteiger partial charge in [-0.1, -0.05) is 30.3 Å². The fourth-order valence-corrected chi connectivity index (χ4v) is 1.75. The number of carboxylic acid groups (broad SMARTS) is 1. The van der Waals surface area contributed by atoms with Gasteiger partial charge >= 0.3 is 12.1 Å². The molecule has 6 nitrogen and oxygen atoms in total. The van der Waals surface area contributed by atoms with E-state index in [0.29, 0.717) is 6.42 Å². The Bertz CT molecular complexity index is 613. The number of oxazole rings is 1. The summed E-state index contributed by atoms with van der Waals surface area (Å²) in [5, 5.41) is 17.1. The average molecular weight is 346 g/mol. The molecule has 0 fully saturated rings. The van der Waals surface area contributed by atoms with Crippen molar-refractivity contribution in [2.45, 2.75) is 31.2 Å². The van der Waals surface area contributed by atoms with Gasteiger partial charge in [-0.3, -0.25) is 5.73 Å². The summed E-state index contributed by atoms with van der Waals surface area (Å²) in [6, 6.07) is 10.1. The second kappa shape index (κ2) is 8.46. The summed E-state index contributed by atoms with van der Waals surface area (Å²) in [4.78, 5) is 12.8. The zero-order chi connectivity index (χ0) is 18.2. The molecule has 0 radical (unpaired) electrons. The molecule has 0 saturated carbocycles. The lowest BCUT2D eigenvalue weighted by Gasteiger charge is -2.18. The first kappa shape index (κ1) is 19.7. The van der Waals surface area contributed by atoms with Crippen LogP contribution in [0.4, 0.5) is 13.2 Å². The van der Waals surface area contributed by atoms with Crippen LogP contribution in [0.15, 0.2) is 47.2 Å². The minimum absolute atomic E-state index is 0.172. The van der Waals surface area contributed by atoms with Crippen LogP contribution in [-0.4, -0.2) is 27.3 Å². The molecule has 0 bridgehead atoms. The van der Waals surface area contributed by atoms with Crippen molar-refractivity contribution in [2.24, 2.45) is 5.73 Å². The molecule has 24 heavy (non-hydrogen) atoms. The van der Waals surface area contributed by atoms with Gasteiger partial charge < -0.3 is 14.6 Å². The summed E-state index contributed by atoms with van der Waals surface area (Å²) < 4.78 is 36.8. The van der Waals surface area contributed by atoms with Gasteiger partial charge in [-0.05, 0) is 24.8 Å². The number of aliphatic hydroxyl groups is 1. The highest BCUT2D eigenvalue weighted by Gasteiger charge is 2.38. The van der Waals surface area contributed by atoms with Gasteiger partial charge in [-0.25, -0.2) is 9.78 Å². The van der Waals surface area contributed by atoms with E-state index in [0.717, 1.165) is 12.8 Å². The third kappa shape index (κ3) is 6.80. The number of rotatable bonds is 5. The zero-order valence-electron chi connectivity index (χ0n) is 12.5. The standard InChI is InChI=1S/C13H16N2O2.C2HF3O2/c14-13(16,12-15-9-10-17-12)8-4-7-11-5-2-1-3-6-11;3-2(4,5)1(6)7/h1-3,5-6,9-10,16H,4,7-8,14H2;(H,6,7)/t13-;/m0./s1. The van der Waals surface area contributed by atoms with Crippen LogP contribution in [0.5, 0.6) is 0 Å². The predicted octanol–water partition coefficient (Wildman–Crippen LogP) is 2.43. The molecule has 0 spiro atoms. The van der Waals surface area contributed by atoms with Gasteiger partial charge in [0.1, 0.15) is 6.26 Å². The minimum atomic E-state index is -5.08. The fraction of sp³-hybridized carbons (Fsp3) is 0.333. The number of hydrogen-bond donors (Lipinski definition) is 3. The van der Waals surface area contributed by atoms with Crippen molar-refractivity contribution >= 4 is 5.97 Å². The normalized spacial score (nSPS) is 13.5. The van der Waals surface area contributed by atoms with Crippen molar-refractivity contribution in [1.82, 2.24) is 4.98 Å². The van der Waals surface area contributed by atoms with Gasteiger partial charge in [-0.15, -0.1) is 0 Å². The van der Waals surface area contributed by atoms with Gasteiger partial charge in [0, 0.05) is 0 Å². The largest absolute Gasteiger partial charge is 0.490 e. The molecule has 1 heterocycles. The number of nitrogens with two attached hydrogens (primary N) is 1. The van der Waals surface area contributed by atoms with Crippen LogP contribution in [0, 0.1) is 0 Å². The molecule has 0 aliphatic rings. The number of alkyl halides is 3. The van der Waals surface area contributed by atoms with Gasteiger partial charge in [0.2, 0.25) is 5.89 Å². The lowest BCUT2D eigenvalue weighted by Crippen LogP contribution is -2.36. The molecule has 0 amide bonds. The first-order valence-corrected chi connectivity index (χ1v) is 6.88. The smallest absolute Gasteiger partial charge is 0.475 e. The quantitative estimate of drug-likeness (QED) is 0.718.